The average Bonchev–Trinajstić information content (AvgIpc) is 3.11. The largest absolute Gasteiger partial charge is 0.317 e. The lowest BCUT2D eigenvalue weighted by molar-refractivity contribution is 0.0593. The first-order valence-corrected chi connectivity index (χ1v) is 17.7. The van der Waals surface area contributed by atoms with Crippen LogP contribution in [0.1, 0.15) is 106 Å². The molecule has 0 bridgehead atoms. The number of carbonyl (C=O) groups excluding carboxylic acids is 4. The Morgan fingerprint density at radius 2 is 0.667 bits per heavy atom. The van der Waals surface area contributed by atoms with Gasteiger partial charge in [-0.2, -0.15) is 0 Å². The molecule has 250 valence electrons. The third-order valence-electron chi connectivity index (χ3n) is 9.64. The van der Waals surface area contributed by atoms with E-state index in [-0.39, 0.29) is 23.6 Å². The van der Waals surface area contributed by atoms with Crippen molar-refractivity contribution in [3.05, 3.63) is 95.1 Å². The summed E-state index contributed by atoms with van der Waals surface area (Å²) in [5.74, 6) is -0.753. The molecule has 2 heterocycles. The number of rotatable bonds is 19. The lowest BCUT2D eigenvalue weighted by Gasteiger charge is -2.27. The molecule has 2 aliphatic rings. The van der Waals surface area contributed by atoms with Crippen molar-refractivity contribution in [1.82, 2.24) is 20.4 Å². The maximum Gasteiger partial charge on any atom is 0.261 e. The lowest BCUT2D eigenvalue weighted by Crippen LogP contribution is -2.41. The van der Waals surface area contributed by atoms with E-state index in [1.165, 1.54) is 48.3 Å². The number of imide groups is 2. The second kappa shape index (κ2) is 16.1. The van der Waals surface area contributed by atoms with E-state index in [0.29, 0.717) is 35.3 Å². The molecule has 0 aliphatic carbocycles. The molecule has 0 saturated carbocycles. The number of unbranched alkanes of at least 4 members (excludes halogenated alkanes) is 7. The van der Waals surface area contributed by atoms with Crippen molar-refractivity contribution in [2.24, 2.45) is 0 Å². The van der Waals surface area contributed by atoms with Gasteiger partial charge in [-0.05, 0) is 86.9 Å². The molecule has 0 saturated heterocycles. The highest BCUT2D eigenvalue weighted by atomic mass is 16.2. The molecule has 2 aliphatic heterocycles. The summed E-state index contributed by atoms with van der Waals surface area (Å²) < 4.78 is 0. The lowest BCUT2D eigenvalue weighted by atomic mass is 9.94. The van der Waals surface area contributed by atoms with Gasteiger partial charge >= 0.3 is 0 Å². The number of carbonyl (C=O) groups is 4. The maximum atomic E-state index is 13.0. The Hall–Kier alpha value is -4.40. The van der Waals surface area contributed by atoms with E-state index in [9.17, 15) is 19.2 Å². The standard InChI is InChI=1S/C40H46N4O4/c45-37-31-19-9-15-29-16-10-20-32(35(29)31)38(46)43(37)27-13-25-41-23-7-5-3-1-2-4-6-8-24-42-26-14-28-44-39(47)33-21-11-17-30-18-12-22-34(36(30)33)40(44)48/h9-12,15-22,41-42H,1-8,13-14,23-28H2. The zero-order valence-corrected chi connectivity index (χ0v) is 27.8. The Bertz CT molecular complexity index is 1570. The van der Waals surface area contributed by atoms with E-state index >= 15 is 0 Å². The van der Waals surface area contributed by atoms with E-state index in [1.807, 2.05) is 72.8 Å². The van der Waals surface area contributed by atoms with Gasteiger partial charge in [0.15, 0.2) is 0 Å². The monoisotopic (exact) mass is 646 g/mol. The second-order valence-electron chi connectivity index (χ2n) is 13.0. The van der Waals surface area contributed by atoms with Gasteiger partial charge in [0.1, 0.15) is 0 Å². The number of nitrogens with zero attached hydrogens (tertiary/aromatic N) is 2. The van der Waals surface area contributed by atoms with E-state index in [2.05, 4.69) is 10.6 Å². The first-order chi connectivity index (χ1) is 23.6. The van der Waals surface area contributed by atoms with Crippen molar-refractivity contribution in [3.8, 4) is 0 Å². The van der Waals surface area contributed by atoms with Crippen molar-refractivity contribution >= 4 is 45.2 Å². The van der Waals surface area contributed by atoms with Crippen molar-refractivity contribution in [3.63, 3.8) is 0 Å². The summed E-state index contributed by atoms with van der Waals surface area (Å²) in [6, 6.07) is 22.6. The fraction of sp³-hybridized carbons (Fsp3) is 0.400. The van der Waals surface area contributed by atoms with E-state index in [4.69, 9.17) is 0 Å². The molecule has 4 aromatic rings. The summed E-state index contributed by atoms with van der Waals surface area (Å²) in [5, 5.41) is 10.4. The molecule has 0 spiro atoms. The quantitative estimate of drug-likeness (QED) is 0.0844. The van der Waals surface area contributed by atoms with Crippen LogP contribution < -0.4 is 10.6 Å². The molecule has 2 N–H and O–H groups in total. The predicted molar refractivity (Wildman–Crippen MR) is 191 cm³/mol. The van der Waals surface area contributed by atoms with Gasteiger partial charge in [0.25, 0.3) is 23.6 Å². The third kappa shape index (κ3) is 7.35. The summed E-state index contributed by atoms with van der Waals surface area (Å²) in [4.78, 5) is 54.8. The molecule has 8 heteroatoms. The number of benzene rings is 4. The van der Waals surface area contributed by atoms with Gasteiger partial charge in [0.05, 0.1) is 0 Å². The molecular formula is C40H46N4O4. The van der Waals surface area contributed by atoms with Crippen LogP contribution in [0, 0.1) is 0 Å². The van der Waals surface area contributed by atoms with E-state index in [0.717, 1.165) is 73.4 Å². The highest BCUT2D eigenvalue weighted by Gasteiger charge is 2.33. The van der Waals surface area contributed by atoms with E-state index < -0.39 is 0 Å². The van der Waals surface area contributed by atoms with Gasteiger partial charge in [-0.3, -0.25) is 29.0 Å². The number of amides is 4. The van der Waals surface area contributed by atoms with Crippen LogP contribution in [-0.2, 0) is 0 Å². The molecule has 4 amide bonds. The minimum absolute atomic E-state index is 0.188. The summed E-state index contributed by atoms with van der Waals surface area (Å²) in [6.07, 6.45) is 11.2. The molecular weight excluding hydrogens is 600 g/mol. The highest BCUT2D eigenvalue weighted by Crippen LogP contribution is 2.31. The number of hydrogen-bond acceptors (Lipinski definition) is 6. The molecule has 6 rings (SSSR count). The van der Waals surface area contributed by atoms with Gasteiger partial charge in [-0.1, -0.05) is 87.1 Å². The fourth-order valence-corrected chi connectivity index (χ4v) is 7.10. The number of nitrogens with one attached hydrogen (secondary N) is 2. The Balaban J connectivity index is 0.743. The predicted octanol–water partition coefficient (Wildman–Crippen LogP) is 6.97. The molecule has 48 heavy (non-hydrogen) atoms. The van der Waals surface area contributed by atoms with Gasteiger partial charge in [0.2, 0.25) is 0 Å². The molecule has 8 nitrogen and oxygen atoms in total. The zero-order valence-electron chi connectivity index (χ0n) is 27.8. The SMILES string of the molecule is O=C1c2cccc3cccc(c23)C(=O)N1CCCNCCCCCCCCCCNCCCN1C(=O)c2cccc3cccc(c23)C1=O. The van der Waals surface area contributed by atoms with Gasteiger partial charge in [-0.15, -0.1) is 0 Å². The summed E-state index contributed by atoms with van der Waals surface area (Å²) in [5.41, 5.74) is 2.49. The summed E-state index contributed by atoms with van der Waals surface area (Å²) in [6.45, 7) is 4.35. The Kier molecular flexibility index (Phi) is 11.3. The van der Waals surface area contributed by atoms with Crippen LogP contribution in [0.4, 0.5) is 0 Å². The van der Waals surface area contributed by atoms with Crippen LogP contribution in [0.5, 0.6) is 0 Å². The Morgan fingerprint density at radius 3 is 1.00 bits per heavy atom. The fourth-order valence-electron chi connectivity index (χ4n) is 7.10. The molecule has 0 aromatic heterocycles. The van der Waals surface area contributed by atoms with Crippen LogP contribution in [0.25, 0.3) is 21.5 Å². The van der Waals surface area contributed by atoms with Gasteiger partial charge < -0.3 is 10.6 Å². The molecule has 0 unspecified atom stereocenters. The smallest absolute Gasteiger partial charge is 0.261 e. The maximum absolute atomic E-state index is 13.0. The first kappa shape index (κ1) is 33.5. The van der Waals surface area contributed by atoms with Crippen LogP contribution in [0.3, 0.4) is 0 Å². The minimum Gasteiger partial charge on any atom is -0.317 e. The van der Waals surface area contributed by atoms with Crippen molar-refractivity contribution in [2.45, 2.75) is 64.2 Å². The topological polar surface area (TPSA) is 98.8 Å². The summed E-state index contributed by atoms with van der Waals surface area (Å²) >= 11 is 0. The highest BCUT2D eigenvalue weighted by molar-refractivity contribution is 6.26. The van der Waals surface area contributed by atoms with Crippen molar-refractivity contribution in [2.75, 3.05) is 39.3 Å². The second-order valence-corrected chi connectivity index (χ2v) is 13.0. The molecule has 4 aromatic carbocycles. The third-order valence-corrected chi connectivity index (χ3v) is 9.64. The normalized spacial score (nSPS) is 14.2. The minimum atomic E-state index is -0.188. The molecule has 0 atom stereocenters. The van der Waals surface area contributed by atoms with Crippen LogP contribution in [0.2, 0.25) is 0 Å². The first-order valence-electron chi connectivity index (χ1n) is 17.7. The van der Waals surface area contributed by atoms with Crippen LogP contribution in [0.15, 0.2) is 72.8 Å². The van der Waals surface area contributed by atoms with Gasteiger partial charge in [0, 0.05) is 46.1 Å². The van der Waals surface area contributed by atoms with Crippen LogP contribution in [-0.4, -0.2) is 72.7 Å². The van der Waals surface area contributed by atoms with Crippen LogP contribution >= 0.6 is 0 Å². The average molecular weight is 647 g/mol. The van der Waals surface area contributed by atoms with Gasteiger partial charge in [-0.25, -0.2) is 0 Å². The molecule has 0 radical (unpaired) electrons. The number of hydrogen-bond donors (Lipinski definition) is 2. The Morgan fingerprint density at radius 1 is 0.375 bits per heavy atom. The molecule has 0 fully saturated rings. The van der Waals surface area contributed by atoms with E-state index in [1.54, 1.807) is 0 Å². The summed E-state index contributed by atoms with van der Waals surface area (Å²) in [7, 11) is 0. The Labute approximate surface area is 282 Å². The van der Waals surface area contributed by atoms with Crippen molar-refractivity contribution < 1.29 is 19.2 Å². The zero-order chi connectivity index (χ0) is 33.3. The van der Waals surface area contributed by atoms with Crippen molar-refractivity contribution in [1.29, 1.82) is 0 Å².